The van der Waals surface area contributed by atoms with Gasteiger partial charge in [0.25, 0.3) is 5.56 Å². The summed E-state index contributed by atoms with van der Waals surface area (Å²) in [5.74, 6) is 0.317. The number of hydrogen-bond donors (Lipinski definition) is 1. The van der Waals surface area contributed by atoms with Crippen LogP contribution in [-0.2, 0) is 24.4 Å². The molecule has 0 radical (unpaired) electrons. The van der Waals surface area contributed by atoms with Gasteiger partial charge in [-0.2, -0.15) is 0 Å². The van der Waals surface area contributed by atoms with Crippen molar-refractivity contribution in [2.24, 2.45) is 0 Å². The Kier molecular flexibility index (Phi) is 6.56. The SMILES string of the molecule is CCc1cc(C=Cc2nc3c(Cl)ccc(Cl)c3o2)c(=O)[nH]c1COCc1ccccc1. The Morgan fingerprint density at radius 3 is 2.58 bits per heavy atom. The minimum absolute atomic E-state index is 0.209. The van der Waals surface area contributed by atoms with Crippen molar-refractivity contribution in [2.75, 3.05) is 0 Å². The second kappa shape index (κ2) is 9.52. The number of nitrogens with one attached hydrogen (secondary N) is 1. The van der Waals surface area contributed by atoms with E-state index in [4.69, 9.17) is 32.4 Å². The zero-order valence-corrected chi connectivity index (χ0v) is 18.3. The number of H-pyrrole nitrogens is 1. The molecule has 0 fully saturated rings. The predicted molar refractivity (Wildman–Crippen MR) is 124 cm³/mol. The van der Waals surface area contributed by atoms with Crippen LogP contribution >= 0.6 is 23.2 Å². The van der Waals surface area contributed by atoms with Crippen LogP contribution in [0.3, 0.4) is 0 Å². The fraction of sp³-hybridized carbons (Fsp3) is 0.167. The van der Waals surface area contributed by atoms with E-state index in [1.165, 1.54) is 0 Å². The van der Waals surface area contributed by atoms with E-state index < -0.39 is 0 Å². The van der Waals surface area contributed by atoms with Crippen LogP contribution in [0.15, 0.2) is 57.7 Å². The number of rotatable bonds is 7. The molecule has 5 nitrogen and oxygen atoms in total. The number of oxazole rings is 1. The highest BCUT2D eigenvalue weighted by molar-refractivity contribution is 6.39. The molecule has 158 valence electrons. The highest BCUT2D eigenvalue weighted by Gasteiger charge is 2.11. The molecular formula is C24H20Cl2N2O3. The van der Waals surface area contributed by atoms with Gasteiger partial charge in [-0.1, -0.05) is 60.5 Å². The van der Waals surface area contributed by atoms with Crippen molar-refractivity contribution in [1.82, 2.24) is 9.97 Å². The maximum absolute atomic E-state index is 12.6. The van der Waals surface area contributed by atoms with Crippen LogP contribution in [0.4, 0.5) is 0 Å². The molecule has 31 heavy (non-hydrogen) atoms. The van der Waals surface area contributed by atoms with Crippen LogP contribution in [0.1, 0.15) is 35.2 Å². The summed E-state index contributed by atoms with van der Waals surface area (Å²) in [5.41, 5.74) is 4.07. The van der Waals surface area contributed by atoms with E-state index >= 15 is 0 Å². The van der Waals surface area contributed by atoms with Crippen molar-refractivity contribution in [1.29, 1.82) is 0 Å². The highest BCUT2D eigenvalue weighted by Crippen LogP contribution is 2.30. The molecule has 7 heteroatoms. The topological polar surface area (TPSA) is 68.1 Å². The minimum Gasteiger partial charge on any atom is -0.435 e. The lowest BCUT2D eigenvalue weighted by Crippen LogP contribution is -2.15. The summed E-state index contributed by atoms with van der Waals surface area (Å²) in [4.78, 5) is 19.9. The van der Waals surface area contributed by atoms with E-state index in [-0.39, 0.29) is 5.56 Å². The average molecular weight is 455 g/mol. The van der Waals surface area contributed by atoms with Crippen LogP contribution < -0.4 is 5.56 Å². The molecular weight excluding hydrogens is 435 g/mol. The molecule has 0 spiro atoms. The lowest BCUT2D eigenvalue weighted by Gasteiger charge is -2.10. The zero-order valence-electron chi connectivity index (χ0n) is 16.8. The van der Waals surface area contributed by atoms with Crippen molar-refractivity contribution < 1.29 is 9.15 Å². The molecule has 2 aromatic carbocycles. The maximum atomic E-state index is 12.6. The molecule has 4 aromatic rings. The molecule has 0 saturated heterocycles. The van der Waals surface area contributed by atoms with Gasteiger partial charge in [0.15, 0.2) is 5.58 Å². The molecule has 0 saturated carbocycles. The van der Waals surface area contributed by atoms with E-state index in [1.54, 1.807) is 24.3 Å². The Morgan fingerprint density at radius 2 is 1.84 bits per heavy atom. The second-order valence-corrected chi connectivity index (χ2v) is 7.80. The summed E-state index contributed by atoms with van der Waals surface area (Å²) in [6.45, 7) is 2.85. The number of halogens is 2. The second-order valence-electron chi connectivity index (χ2n) is 6.98. The summed E-state index contributed by atoms with van der Waals surface area (Å²) in [7, 11) is 0. The van der Waals surface area contributed by atoms with Gasteiger partial charge < -0.3 is 14.1 Å². The predicted octanol–water partition coefficient (Wildman–Crippen LogP) is 6.27. The number of hydrogen-bond acceptors (Lipinski definition) is 4. The van der Waals surface area contributed by atoms with E-state index in [9.17, 15) is 4.79 Å². The summed E-state index contributed by atoms with van der Waals surface area (Å²) in [6, 6.07) is 15.1. The van der Waals surface area contributed by atoms with Gasteiger partial charge in [0.05, 0.1) is 23.3 Å². The van der Waals surface area contributed by atoms with Crippen LogP contribution in [0.2, 0.25) is 10.0 Å². The van der Waals surface area contributed by atoms with Gasteiger partial charge >= 0.3 is 0 Å². The maximum Gasteiger partial charge on any atom is 0.255 e. The number of aromatic nitrogens is 2. The molecule has 0 amide bonds. The third kappa shape index (κ3) is 4.90. The third-order valence-electron chi connectivity index (χ3n) is 4.85. The molecule has 1 N–H and O–H groups in total. The first-order chi connectivity index (χ1) is 15.0. The fourth-order valence-corrected chi connectivity index (χ4v) is 3.62. The van der Waals surface area contributed by atoms with E-state index in [0.717, 1.165) is 23.2 Å². The molecule has 0 aliphatic rings. The summed E-state index contributed by atoms with van der Waals surface area (Å²) in [6.07, 6.45) is 4.05. The number of nitrogens with zero attached hydrogens (tertiary/aromatic N) is 1. The van der Waals surface area contributed by atoms with E-state index in [0.29, 0.717) is 45.8 Å². The lowest BCUT2D eigenvalue weighted by atomic mass is 10.1. The Balaban J connectivity index is 1.53. The third-order valence-corrected chi connectivity index (χ3v) is 5.45. The van der Waals surface area contributed by atoms with Gasteiger partial charge in [-0.3, -0.25) is 4.79 Å². The normalized spacial score (nSPS) is 11.6. The molecule has 0 aliphatic heterocycles. The zero-order chi connectivity index (χ0) is 21.8. The van der Waals surface area contributed by atoms with Gasteiger partial charge in [0, 0.05) is 17.3 Å². The number of benzene rings is 2. The Bertz CT molecular complexity index is 1250. The van der Waals surface area contributed by atoms with E-state index in [1.807, 2.05) is 43.3 Å². The van der Waals surface area contributed by atoms with Crippen molar-refractivity contribution in [2.45, 2.75) is 26.6 Å². The number of pyridine rings is 1. The first kappa shape index (κ1) is 21.4. The van der Waals surface area contributed by atoms with Gasteiger partial charge in [-0.25, -0.2) is 4.98 Å². The largest absolute Gasteiger partial charge is 0.435 e. The summed E-state index contributed by atoms with van der Waals surface area (Å²) < 4.78 is 11.5. The van der Waals surface area contributed by atoms with Gasteiger partial charge in [-0.15, -0.1) is 0 Å². The number of ether oxygens (including phenoxy) is 1. The van der Waals surface area contributed by atoms with Crippen molar-refractivity contribution in [3.8, 4) is 0 Å². The Hall–Kier alpha value is -2.86. The molecule has 4 rings (SSSR count). The summed E-state index contributed by atoms with van der Waals surface area (Å²) in [5, 5.41) is 0.881. The van der Waals surface area contributed by atoms with Crippen LogP contribution in [-0.4, -0.2) is 9.97 Å². The molecule has 2 aromatic heterocycles. The first-order valence-electron chi connectivity index (χ1n) is 9.84. The van der Waals surface area contributed by atoms with Gasteiger partial charge in [0.1, 0.15) is 5.52 Å². The van der Waals surface area contributed by atoms with Crippen LogP contribution in [0.5, 0.6) is 0 Å². The summed E-state index contributed by atoms with van der Waals surface area (Å²) >= 11 is 12.3. The minimum atomic E-state index is -0.209. The quantitative estimate of drug-likeness (QED) is 0.357. The highest BCUT2D eigenvalue weighted by atomic mass is 35.5. The van der Waals surface area contributed by atoms with Gasteiger partial charge in [-0.05, 0) is 41.8 Å². The molecule has 0 atom stereocenters. The molecule has 0 aliphatic carbocycles. The number of fused-ring (bicyclic) bond motifs is 1. The smallest absolute Gasteiger partial charge is 0.255 e. The van der Waals surface area contributed by atoms with Crippen LogP contribution in [0, 0.1) is 0 Å². The molecule has 0 bridgehead atoms. The lowest BCUT2D eigenvalue weighted by molar-refractivity contribution is 0.104. The fourth-order valence-electron chi connectivity index (χ4n) is 3.24. The van der Waals surface area contributed by atoms with E-state index in [2.05, 4.69) is 9.97 Å². The molecule has 2 heterocycles. The average Bonchev–Trinajstić information content (AvgIpc) is 3.22. The monoisotopic (exact) mass is 454 g/mol. The van der Waals surface area contributed by atoms with Gasteiger partial charge in [0.2, 0.25) is 5.89 Å². The standard InChI is InChI=1S/C24H20Cl2N2O3/c1-2-16-12-17(8-11-21-28-22-18(25)9-10-19(26)23(22)31-21)24(29)27-20(16)14-30-13-15-6-4-3-5-7-15/h3-12H,2,13-14H2,1H3,(H,27,29). The number of aryl methyl sites for hydroxylation is 1. The van der Waals surface area contributed by atoms with Crippen molar-refractivity contribution in [3.05, 3.63) is 97.2 Å². The Labute approximate surface area is 189 Å². The Morgan fingerprint density at radius 1 is 1.06 bits per heavy atom. The van der Waals surface area contributed by atoms with Crippen LogP contribution in [0.25, 0.3) is 23.3 Å². The first-order valence-corrected chi connectivity index (χ1v) is 10.6. The van der Waals surface area contributed by atoms with Crippen molar-refractivity contribution in [3.63, 3.8) is 0 Å². The van der Waals surface area contributed by atoms with Crippen molar-refractivity contribution >= 4 is 46.5 Å². The molecule has 0 unspecified atom stereocenters. The number of aromatic amines is 1.